The molecule has 1 aromatic heterocycles. The third-order valence-corrected chi connectivity index (χ3v) is 7.05. The van der Waals surface area contributed by atoms with E-state index in [1.165, 1.54) is 11.3 Å². The first-order chi connectivity index (χ1) is 15.4. The molecule has 4 rings (SSSR count). The average molecular weight is 451 g/mol. The summed E-state index contributed by atoms with van der Waals surface area (Å²) < 4.78 is 0. The van der Waals surface area contributed by atoms with Gasteiger partial charge in [-0.2, -0.15) is 5.26 Å². The quantitative estimate of drug-likeness (QED) is 0.427. The summed E-state index contributed by atoms with van der Waals surface area (Å²) in [6.07, 6.45) is 4.82. The lowest BCUT2D eigenvalue weighted by atomic mass is 10.1. The smallest absolute Gasteiger partial charge is 0.315 e. The summed E-state index contributed by atoms with van der Waals surface area (Å²) in [6.45, 7) is 1.06. The predicted molar refractivity (Wildman–Crippen MR) is 118 cm³/mol. The van der Waals surface area contributed by atoms with Gasteiger partial charge in [0.1, 0.15) is 17.6 Å². The van der Waals surface area contributed by atoms with Gasteiger partial charge >= 0.3 is 17.8 Å². The number of aryl methyl sites for hydroxylation is 1. The number of rotatable bonds is 5. The lowest BCUT2D eigenvalue weighted by Gasteiger charge is -2.22. The summed E-state index contributed by atoms with van der Waals surface area (Å²) >= 11 is 1.37. The molecular formula is C23H22N4O4S. The topological polar surface area (TPSA) is 111 Å². The fourth-order valence-corrected chi connectivity index (χ4v) is 5.40. The van der Waals surface area contributed by atoms with Crippen molar-refractivity contribution in [1.82, 2.24) is 9.80 Å². The van der Waals surface area contributed by atoms with Crippen molar-refractivity contribution in [2.24, 2.45) is 0 Å². The van der Waals surface area contributed by atoms with Crippen LogP contribution in [-0.4, -0.2) is 40.1 Å². The Morgan fingerprint density at radius 3 is 2.56 bits per heavy atom. The number of hydrogen-bond acceptors (Lipinski definition) is 6. The van der Waals surface area contributed by atoms with Gasteiger partial charge in [-0.3, -0.25) is 14.4 Å². The van der Waals surface area contributed by atoms with E-state index in [1.807, 2.05) is 6.07 Å². The van der Waals surface area contributed by atoms with Crippen LogP contribution in [0.2, 0.25) is 0 Å². The van der Waals surface area contributed by atoms with Gasteiger partial charge in [0.15, 0.2) is 0 Å². The zero-order valence-corrected chi connectivity index (χ0v) is 18.4. The molecule has 2 heterocycles. The van der Waals surface area contributed by atoms with E-state index in [0.717, 1.165) is 47.4 Å². The van der Waals surface area contributed by atoms with Crippen LogP contribution in [0.4, 0.5) is 9.80 Å². The Balaban J connectivity index is 1.49. The van der Waals surface area contributed by atoms with E-state index < -0.39 is 36.3 Å². The highest BCUT2D eigenvalue weighted by Gasteiger charge is 2.47. The minimum Gasteiger partial charge on any atom is -0.315 e. The lowest BCUT2D eigenvalue weighted by Crippen LogP contribution is -2.39. The Bertz CT molecular complexity index is 1130. The van der Waals surface area contributed by atoms with E-state index in [2.05, 4.69) is 11.4 Å². The van der Waals surface area contributed by atoms with Gasteiger partial charge in [-0.1, -0.05) is 36.8 Å². The van der Waals surface area contributed by atoms with E-state index >= 15 is 0 Å². The van der Waals surface area contributed by atoms with Crippen LogP contribution in [0.5, 0.6) is 0 Å². The molecule has 0 spiro atoms. The zero-order valence-electron chi connectivity index (χ0n) is 17.6. The average Bonchev–Trinajstić information content (AvgIpc) is 3.08. The maximum absolute atomic E-state index is 12.8. The Hall–Kier alpha value is -3.51. The minimum absolute atomic E-state index is 0.435. The van der Waals surface area contributed by atoms with E-state index in [9.17, 15) is 24.4 Å². The normalized spacial score (nSPS) is 17.1. The first-order valence-corrected chi connectivity index (χ1v) is 11.3. The van der Waals surface area contributed by atoms with Crippen molar-refractivity contribution in [3.05, 3.63) is 51.9 Å². The van der Waals surface area contributed by atoms with Gasteiger partial charge in [0.25, 0.3) is 0 Å². The molecule has 1 aliphatic carbocycles. The van der Waals surface area contributed by atoms with Crippen LogP contribution in [0.15, 0.2) is 30.3 Å². The van der Waals surface area contributed by atoms with Crippen LogP contribution < -0.4 is 5.32 Å². The second-order valence-electron chi connectivity index (χ2n) is 7.86. The van der Waals surface area contributed by atoms with E-state index in [1.54, 1.807) is 31.2 Å². The molecule has 32 heavy (non-hydrogen) atoms. The number of hydrogen-bond donors (Lipinski definition) is 1. The number of benzene rings is 1. The van der Waals surface area contributed by atoms with Gasteiger partial charge in [-0.05, 0) is 43.7 Å². The summed E-state index contributed by atoms with van der Waals surface area (Å²) in [4.78, 5) is 53.1. The number of nitriles is 1. The SMILES string of the molecule is CC(c1ccccc1)N1C(=O)C(=O)N(CC(=O)Nc2sc3c(c2C#N)CCCCC3)C1=O. The maximum Gasteiger partial charge on any atom is 0.335 e. The lowest BCUT2D eigenvalue weighted by molar-refractivity contribution is -0.144. The van der Waals surface area contributed by atoms with Crippen LogP contribution in [0, 0.1) is 11.3 Å². The fraction of sp³-hybridized carbons (Fsp3) is 0.348. The highest BCUT2D eigenvalue weighted by molar-refractivity contribution is 7.16. The molecular weight excluding hydrogens is 428 g/mol. The van der Waals surface area contributed by atoms with Gasteiger partial charge in [0.05, 0.1) is 11.6 Å². The molecule has 2 aliphatic rings. The summed E-state index contributed by atoms with van der Waals surface area (Å²) in [5.74, 6) is -2.61. The molecule has 2 aromatic rings. The standard InChI is InChI=1S/C23H22N4O4S/c1-14(15-8-4-2-5-9-15)27-22(30)21(29)26(23(27)31)13-19(28)25-20-17(12-24)16-10-6-3-7-11-18(16)32-20/h2,4-5,8-9,14H,3,6-7,10-11,13H2,1H3,(H,25,28). The number of fused-ring (bicyclic) bond motifs is 1. The van der Waals surface area contributed by atoms with Crippen LogP contribution in [0.25, 0.3) is 0 Å². The fourth-order valence-electron chi connectivity index (χ4n) is 4.14. The number of carbonyl (C=O) groups excluding carboxylic acids is 4. The highest BCUT2D eigenvalue weighted by atomic mass is 32.1. The molecule has 1 N–H and O–H groups in total. The third-order valence-electron chi connectivity index (χ3n) is 5.84. The zero-order chi connectivity index (χ0) is 22.8. The van der Waals surface area contributed by atoms with Crippen molar-refractivity contribution in [2.45, 2.75) is 45.1 Å². The van der Waals surface area contributed by atoms with E-state index in [-0.39, 0.29) is 0 Å². The van der Waals surface area contributed by atoms with Crippen molar-refractivity contribution in [3.63, 3.8) is 0 Å². The molecule has 0 bridgehead atoms. The molecule has 1 aliphatic heterocycles. The molecule has 0 radical (unpaired) electrons. The number of carbonyl (C=O) groups is 4. The molecule has 1 unspecified atom stereocenters. The molecule has 8 nitrogen and oxygen atoms in total. The van der Waals surface area contributed by atoms with Gasteiger partial charge in [-0.25, -0.2) is 14.6 Å². The van der Waals surface area contributed by atoms with Gasteiger partial charge in [0.2, 0.25) is 5.91 Å². The molecule has 1 saturated heterocycles. The first kappa shape index (κ1) is 21.7. The highest BCUT2D eigenvalue weighted by Crippen LogP contribution is 2.37. The van der Waals surface area contributed by atoms with Crippen LogP contribution in [-0.2, 0) is 27.2 Å². The van der Waals surface area contributed by atoms with Crippen molar-refractivity contribution in [1.29, 1.82) is 5.26 Å². The molecule has 1 atom stereocenters. The van der Waals surface area contributed by atoms with Gasteiger partial charge in [0, 0.05) is 4.88 Å². The van der Waals surface area contributed by atoms with Crippen molar-refractivity contribution in [2.75, 3.05) is 11.9 Å². The van der Waals surface area contributed by atoms with Crippen molar-refractivity contribution in [3.8, 4) is 6.07 Å². The molecule has 9 heteroatoms. The van der Waals surface area contributed by atoms with Crippen LogP contribution in [0.1, 0.15) is 53.8 Å². The first-order valence-electron chi connectivity index (χ1n) is 10.5. The second kappa shape index (κ2) is 8.93. The Morgan fingerprint density at radius 1 is 1.12 bits per heavy atom. The molecule has 1 fully saturated rings. The van der Waals surface area contributed by atoms with Crippen molar-refractivity contribution >= 4 is 40.1 Å². The van der Waals surface area contributed by atoms with Gasteiger partial charge < -0.3 is 5.32 Å². The van der Waals surface area contributed by atoms with E-state index in [0.29, 0.717) is 21.0 Å². The monoisotopic (exact) mass is 450 g/mol. The Morgan fingerprint density at radius 2 is 1.84 bits per heavy atom. The van der Waals surface area contributed by atoms with E-state index in [4.69, 9.17) is 0 Å². The number of amides is 5. The predicted octanol–water partition coefficient (Wildman–Crippen LogP) is 3.38. The number of anilines is 1. The number of nitrogens with zero attached hydrogens (tertiary/aromatic N) is 3. The van der Waals surface area contributed by atoms with Crippen LogP contribution in [0.3, 0.4) is 0 Å². The summed E-state index contributed by atoms with van der Waals surface area (Å²) in [7, 11) is 0. The molecule has 164 valence electrons. The molecule has 1 aromatic carbocycles. The third kappa shape index (κ3) is 3.89. The number of thiophene rings is 1. The van der Waals surface area contributed by atoms with Gasteiger partial charge in [-0.15, -0.1) is 11.3 Å². The number of nitrogens with one attached hydrogen (secondary N) is 1. The number of urea groups is 1. The van der Waals surface area contributed by atoms with Crippen LogP contribution >= 0.6 is 11.3 Å². The molecule has 5 amide bonds. The summed E-state index contributed by atoms with van der Waals surface area (Å²) in [5, 5.41) is 12.7. The molecule has 0 saturated carbocycles. The number of imide groups is 2. The summed E-state index contributed by atoms with van der Waals surface area (Å²) in [6, 6.07) is 9.59. The van der Waals surface area contributed by atoms with Crippen molar-refractivity contribution < 1.29 is 19.2 Å². The maximum atomic E-state index is 12.8. The largest absolute Gasteiger partial charge is 0.335 e. The Labute approximate surface area is 189 Å². The second-order valence-corrected chi connectivity index (χ2v) is 8.97. The Kier molecular flexibility index (Phi) is 6.06. The minimum atomic E-state index is -1.03. The summed E-state index contributed by atoms with van der Waals surface area (Å²) in [5.41, 5.74) is 2.14.